The van der Waals surface area contributed by atoms with E-state index in [1.165, 1.54) is 6.42 Å². The standard InChI is InChI=1S/C16H21Cl2NO3/c17-12-2-3-14(18)15(8-12)21-10-13(20)9-19-6-7-22-16(11-19)4-1-5-16/h2-3,8,13,20H,1,4-7,9-11H2. The van der Waals surface area contributed by atoms with Crippen LogP contribution in [0.3, 0.4) is 0 Å². The number of halogens is 2. The van der Waals surface area contributed by atoms with Gasteiger partial charge in [0.2, 0.25) is 0 Å². The third-order valence-electron chi connectivity index (χ3n) is 4.39. The average Bonchev–Trinajstić information content (AvgIpc) is 2.47. The maximum atomic E-state index is 10.2. The molecule has 22 heavy (non-hydrogen) atoms. The first kappa shape index (κ1) is 16.3. The van der Waals surface area contributed by atoms with Crippen molar-refractivity contribution in [1.82, 2.24) is 4.90 Å². The van der Waals surface area contributed by atoms with Gasteiger partial charge in [-0.3, -0.25) is 4.90 Å². The van der Waals surface area contributed by atoms with Crippen LogP contribution in [0, 0.1) is 0 Å². The predicted molar refractivity (Wildman–Crippen MR) is 86.9 cm³/mol. The monoisotopic (exact) mass is 345 g/mol. The number of hydrogen-bond donors (Lipinski definition) is 1. The molecule has 2 aliphatic rings. The number of rotatable bonds is 5. The minimum atomic E-state index is -0.565. The fourth-order valence-corrected chi connectivity index (χ4v) is 3.41. The molecular formula is C16H21Cl2NO3. The van der Waals surface area contributed by atoms with Crippen LogP contribution in [0.4, 0.5) is 0 Å². The van der Waals surface area contributed by atoms with Gasteiger partial charge in [0.05, 0.1) is 17.2 Å². The van der Waals surface area contributed by atoms with Crippen LogP contribution in [0.5, 0.6) is 5.75 Å². The number of benzene rings is 1. The molecule has 2 fully saturated rings. The molecule has 0 radical (unpaired) electrons. The van der Waals surface area contributed by atoms with Gasteiger partial charge >= 0.3 is 0 Å². The van der Waals surface area contributed by atoms with Gasteiger partial charge in [0.1, 0.15) is 18.5 Å². The topological polar surface area (TPSA) is 41.9 Å². The number of hydrogen-bond acceptors (Lipinski definition) is 4. The maximum Gasteiger partial charge on any atom is 0.139 e. The lowest BCUT2D eigenvalue weighted by Crippen LogP contribution is -2.57. The van der Waals surface area contributed by atoms with E-state index in [2.05, 4.69) is 4.90 Å². The van der Waals surface area contributed by atoms with E-state index in [1.54, 1.807) is 18.2 Å². The lowest BCUT2D eigenvalue weighted by atomic mass is 9.79. The van der Waals surface area contributed by atoms with Crippen molar-refractivity contribution in [2.75, 3.05) is 32.8 Å². The van der Waals surface area contributed by atoms with Crippen LogP contribution >= 0.6 is 23.2 Å². The van der Waals surface area contributed by atoms with Crippen LogP contribution < -0.4 is 4.74 Å². The third-order valence-corrected chi connectivity index (χ3v) is 4.93. The molecule has 1 N–H and O–H groups in total. The maximum absolute atomic E-state index is 10.2. The van der Waals surface area contributed by atoms with Crippen molar-refractivity contribution in [3.05, 3.63) is 28.2 Å². The largest absolute Gasteiger partial charge is 0.489 e. The molecule has 122 valence electrons. The zero-order valence-corrected chi connectivity index (χ0v) is 13.9. The summed E-state index contributed by atoms with van der Waals surface area (Å²) in [7, 11) is 0. The van der Waals surface area contributed by atoms with Crippen molar-refractivity contribution in [3.8, 4) is 5.75 Å². The molecule has 1 heterocycles. The van der Waals surface area contributed by atoms with E-state index >= 15 is 0 Å². The van der Waals surface area contributed by atoms with Gasteiger partial charge in [0, 0.05) is 30.7 Å². The molecule has 1 unspecified atom stereocenters. The van der Waals surface area contributed by atoms with Crippen molar-refractivity contribution < 1.29 is 14.6 Å². The Labute approximate surface area is 140 Å². The molecule has 0 bridgehead atoms. The molecule has 0 aromatic heterocycles. The number of aliphatic hydroxyl groups is 1. The molecule has 1 aromatic rings. The average molecular weight is 346 g/mol. The van der Waals surface area contributed by atoms with Gasteiger partial charge in [-0.1, -0.05) is 23.2 Å². The van der Waals surface area contributed by atoms with Crippen LogP contribution in [0.15, 0.2) is 18.2 Å². The number of ether oxygens (including phenoxy) is 2. The van der Waals surface area contributed by atoms with Gasteiger partial charge in [0.25, 0.3) is 0 Å². The molecule has 6 heteroatoms. The lowest BCUT2D eigenvalue weighted by molar-refractivity contribution is -0.155. The molecule has 1 spiro atoms. The van der Waals surface area contributed by atoms with Crippen molar-refractivity contribution >= 4 is 23.2 Å². The first-order valence-corrected chi connectivity index (χ1v) is 8.44. The van der Waals surface area contributed by atoms with Crippen molar-refractivity contribution in [1.29, 1.82) is 0 Å². The summed E-state index contributed by atoms with van der Waals surface area (Å²) in [6.07, 6.45) is 2.94. The van der Waals surface area contributed by atoms with Crippen molar-refractivity contribution in [2.45, 2.75) is 31.0 Å². The summed E-state index contributed by atoms with van der Waals surface area (Å²) in [6, 6.07) is 5.06. The molecular weight excluding hydrogens is 325 g/mol. The highest BCUT2D eigenvalue weighted by Crippen LogP contribution is 2.38. The Morgan fingerprint density at radius 2 is 2.18 bits per heavy atom. The summed E-state index contributed by atoms with van der Waals surface area (Å²) in [5.74, 6) is 0.505. The molecule has 1 aromatic carbocycles. The Bertz CT molecular complexity index is 522. The van der Waals surface area contributed by atoms with E-state index in [0.29, 0.717) is 22.3 Å². The number of β-amino-alcohol motifs (C(OH)–C–C–N with tert-alkyl or cyclic N) is 1. The first-order chi connectivity index (χ1) is 10.6. The Morgan fingerprint density at radius 3 is 2.91 bits per heavy atom. The molecule has 3 rings (SSSR count). The summed E-state index contributed by atoms with van der Waals surface area (Å²) >= 11 is 12.0. The second kappa shape index (κ2) is 6.93. The fraction of sp³-hybridized carbons (Fsp3) is 0.625. The van der Waals surface area contributed by atoms with E-state index < -0.39 is 6.10 Å². The zero-order chi connectivity index (χ0) is 15.6. The molecule has 1 saturated heterocycles. The summed E-state index contributed by atoms with van der Waals surface area (Å²) in [6.45, 7) is 3.29. The molecule has 0 amide bonds. The second-order valence-corrected chi connectivity index (χ2v) is 7.00. The van der Waals surface area contributed by atoms with Crippen LogP contribution in [0.1, 0.15) is 19.3 Å². The van der Waals surface area contributed by atoms with Gasteiger partial charge in [0.15, 0.2) is 0 Å². The first-order valence-electron chi connectivity index (χ1n) is 7.69. The smallest absolute Gasteiger partial charge is 0.139 e. The van der Waals surface area contributed by atoms with E-state index in [-0.39, 0.29) is 12.2 Å². The van der Waals surface area contributed by atoms with Crippen molar-refractivity contribution in [3.63, 3.8) is 0 Å². The van der Waals surface area contributed by atoms with Crippen LogP contribution in [-0.4, -0.2) is 54.6 Å². The van der Waals surface area contributed by atoms with Gasteiger partial charge < -0.3 is 14.6 Å². The van der Waals surface area contributed by atoms with E-state index in [9.17, 15) is 5.11 Å². The SMILES string of the molecule is OC(COc1cc(Cl)ccc1Cl)CN1CCOC2(CCC2)C1. The minimum Gasteiger partial charge on any atom is -0.489 e. The third kappa shape index (κ3) is 3.87. The predicted octanol–water partition coefficient (Wildman–Crippen LogP) is 2.99. The summed E-state index contributed by atoms with van der Waals surface area (Å²) in [4.78, 5) is 2.26. The molecule has 1 aliphatic heterocycles. The van der Waals surface area contributed by atoms with Crippen LogP contribution in [0.25, 0.3) is 0 Å². The zero-order valence-electron chi connectivity index (χ0n) is 12.4. The van der Waals surface area contributed by atoms with Crippen LogP contribution in [0.2, 0.25) is 10.0 Å². The van der Waals surface area contributed by atoms with Crippen LogP contribution in [-0.2, 0) is 4.74 Å². The summed E-state index contributed by atoms with van der Waals surface area (Å²) < 4.78 is 11.5. The van der Waals surface area contributed by atoms with E-state index in [4.69, 9.17) is 32.7 Å². The lowest BCUT2D eigenvalue weighted by Gasteiger charge is -2.48. The highest BCUT2D eigenvalue weighted by molar-refractivity contribution is 6.34. The van der Waals surface area contributed by atoms with Crippen molar-refractivity contribution in [2.24, 2.45) is 0 Å². The number of aliphatic hydroxyl groups excluding tert-OH is 1. The van der Waals surface area contributed by atoms with Gasteiger partial charge in [-0.25, -0.2) is 0 Å². The highest BCUT2D eigenvalue weighted by atomic mass is 35.5. The minimum absolute atomic E-state index is 0.0507. The quantitative estimate of drug-likeness (QED) is 0.890. The van der Waals surface area contributed by atoms with Gasteiger partial charge in [-0.2, -0.15) is 0 Å². The summed E-state index contributed by atoms with van der Waals surface area (Å²) in [5, 5.41) is 11.3. The van der Waals surface area contributed by atoms with Gasteiger partial charge in [-0.05, 0) is 31.4 Å². The van der Waals surface area contributed by atoms with Gasteiger partial charge in [-0.15, -0.1) is 0 Å². The Balaban J connectivity index is 1.48. The highest BCUT2D eigenvalue weighted by Gasteiger charge is 2.42. The molecule has 1 saturated carbocycles. The molecule has 1 aliphatic carbocycles. The number of nitrogens with zero attached hydrogens (tertiary/aromatic N) is 1. The molecule has 4 nitrogen and oxygen atoms in total. The normalized spacial score (nSPS) is 22.3. The Hall–Kier alpha value is -0.520. The van der Waals surface area contributed by atoms with E-state index in [0.717, 1.165) is 32.5 Å². The number of morpholine rings is 1. The second-order valence-electron chi connectivity index (χ2n) is 6.16. The van der Waals surface area contributed by atoms with E-state index in [1.807, 2.05) is 0 Å². The Kier molecular flexibility index (Phi) is 5.15. The molecule has 1 atom stereocenters. The Morgan fingerprint density at radius 1 is 1.36 bits per heavy atom. The fourth-order valence-electron chi connectivity index (χ4n) is 3.08. The summed E-state index contributed by atoms with van der Waals surface area (Å²) in [5.41, 5.74) is 0.0507.